The van der Waals surface area contributed by atoms with E-state index in [-0.39, 0.29) is 0 Å². The Balaban J connectivity index is 2.54. The highest BCUT2D eigenvalue weighted by atomic mass is 35.5. The van der Waals surface area contributed by atoms with Crippen molar-refractivity contribution in [1.29, 1.82) is 0 Å². The zero-order chi connectivity index (χ0) is 14.1. The molecular formula is C15H23Cl2NO. The van der Waals surface area contributed by atoms with Crippen LogP contribution in [0.1, 0.15) is 32.3 Å². The van der Waals surface area contributed by atoms with E-state index < -0.39 is 0 Å². The molecule has 0 aliphatic heterocycles. The lowest BCUT2D eigenvalue weighted by Crippen LogP contribution is -2.32. The molecule has 0 bridgehead atoms. The van der Waals surface area contributed by atoms with E-state index >= 15 is 0 Å². The van der Waals surface area contributed by atoms with Crippen LogP contribution in [0.25, 0.3) is 0 Å². The standard InChI is InChI=1S/C15H23Cl2NO/c1-3-8-19-9-7-14(18-4-2)11-12-10-13(16)5-6-15(12)17/h5-6,10,14,18H,3-4,7-9,11H2,1-2H3. The third-order valence-corrected chi connectivity index (χ3v) is 3.53. The van der Waals surface area contributed by atoms with Crippen LogP contribution in [0.4, 0.5) is 0 Å². The Morgan fingerprint density at radius 1 is 1.21 bits per heavy atom. The van der Waals surface area contributed by atoms with E-state index in [1.54, 1.807) is 0 Å². The lowest BCUT2D eigenvalue weighted by molar-refractivity contribution is 0.124. The van der Waals surface area contributed by atoms with E-state index in [4.69, 9.17) is 27.9 Å². The van der Waals surface area contributed by atoms with Crippen LogP contribution in [0.15, 0.2) is 18.2 Å². The average molecular weight is 304 g/mol. The molecule has 19 heavy (non-hydrogen) atoms. The predicted molar refractivity (Wildman–Crippen MR) is 83.4 cm³/mol. The van der Waals surface area contributed by atoms with Crippen LogP contribution in [-0.4, -0.2) is 25.8 Å². The fraction of sp³-hybridized carbons (Fsp3) is 0.600. The number of nitrogens with one attached hydrogen (secondary N) is 1. The van der Waals surface area contributed by atoms with Crippen LogP contribution >= 0.6 is 23.2 Å². The molecule has 1 aromatic carbocycles. The fourth-order valence-electron chi connectivity index (χ4n) is 2.00. The number of ether oxygens (including phenoxy) is 1. The molecule has 1 N–H and O–H groups in total. The molecular weight excluding hydrogens is 281 g/mol. The molecule has 0 fully saturated rings. The topological polar surface area (TPSA) is 21.3 Å². The molecule has 108 valence electrons. The van der Waals surface area contributed by atoms with Crippen LogP contribution in [0, 0.1) is 0 Å². The van der Waals surface area contributed by atoms with Crippen molar-refractivity contribution in [3.05, 3.63) is 33.8 Å². The van der Waals surface area contributed by atoms with Gasteiger partial charge >= 0.3 is 0 Å². The molecule has 1 aromatic rings. The highest BCUT2D eigenvalue weighted by Crippen LogP contribution is 2.22. The quantitative estimate of drug-likeness (QED) is 0.686. The first-order valence-electron chi connectivity index (χ1n) is 6.92. The lowest BCUT2D eigenvalue weighted by Gasteiger charge is -2.18. The number of hydrogen-bond acceptors (Lipinski definition) is 2. The van der Waals surface area contributed by atoms with Crippen LogP contribution in [-0.2, 0) is 11.2 Å². The van der Waals surface area contributed by atoms with E-state index in [9.17, 15) is 0 Å². The maximum absolute atomic E-state index is 6.21. The summed E-state index contributed by atoms with van der Waals surface area (Å²) in [5, 5.41) is 4.99. The molecule has 0 spiro atoms. The molecule has 0 heterocycles. The van der Waals surface area contributed by atoms with E-state index in [0.717, 1.165) is 54.6 Å². The summed E-state index contributed by atoms with van der Waals surface area (Å²) in [6.07, 6.45) is 2.92. The zero-order valence-electron chi connectivity index (χ0n) is 11.7. The summed E-state index contributed by atoms with van der Waals surface area (Å²) in [5.41, 5.74) is 1.09. The monoisotopic (exact) mass is 303 g/mol. The number of benzene rings is 1. The number of likely N-dealkylation sites (N-methyl/N-ethyl adjacent to an activating group) is 1. The Labute approximate surface area is 126 Å². The van der Waals surface area contributed by atoms with Gasteiger partial charge in [-0.05, 0) is 49.6 Å². The van der Waals surface area contributed by atoms with Gasteiger partial charge in [-0.15, -0.1) is 0 Å². The Kier molecular flexibility index (Phi) is 8.47. The first kappa shape index (κ1) is 16.8. The van der Waals surface area contributed by atoms with Gasteiger partial charge in [0.25, 0.3) is 0 Å². The van der Waals surface area contributed by atoms with Crippen LogP contribution in [0.2, 0.25) is 10.0 Å². The molecule has 0 aliphatic carbocycles. The van der Waals surface area contributed by atoms with Crippen molar-refractivity contribution < 1.29 is 4.74 Å². The second kappa shape index (κ2) is 9.60. The van der Waals surface area contributed by atoms with Gasteiger partial charge in [0, 0.05) is 29.3 Å². The maximum atomic E-state index is 6.21. The molecule has 0 aromatic heterocycles. The van der Waals surface area contributed by atoms with Crippen LogP contribution in [0.3, 0.4) is 0 Å². The minimum Gasteiger partial charge on any atom is -0.381 e. The SMILES string of the molecule is CCCOCCC(Cc1cc(Cl)ccc1Cl)NCC. The largest absolute Gasteiger partial charge is 0.381 e. The van der Waals surface area contributed by atoms with Crippen LogP contribution in [0.5, 0.6) is 0 Å². The highest BCUT2D eigenvalue weighted by molar-refractivity contribution is 6.33. The van der Waals surface area contributed by atoms with Gasteiger partial charge in [0.05, 0.1) is 0 Å². The molecule has 2 nitrogen and oxygen atoms in total. The van der Waals surface area contributed by atoms with Gasteiger partial charge in [-0.3, -0.25) is 0 Å². The maximum Gasteiger partial charge on any atom is 0.0480 e. The average Bonchev–Trinajstić information content (AvgIpc) is 2.39. The Morgan fingerprint density at radius 2 is 2.00 bits per heavy atom. The smallest absolute Gasteiger partial charge is 0.0480 e. The van der Waals surface area contributed by atoms with Gasteiger partial charge in [-0.2, -0.15) is 0 Å². The summed E-state index contributed by atoms with van der Waals surface area (Å²) >= 11 is 12.2. The molecule has 0 aliphatic rings. The Morgan fingerprint density at radius 3 is 2.68 bits per heavy atom. The van der Waals surface area contributed by atoms with Crippen molar-refractivity contribution >= 4 is 23.2 Å². The van der Waals surface area contributed by atoms with E-state index in [2.05, 4.69) is 19.2 Å². The normalized spacial score (nSPS) is 12.6. The van der Waals surface area contributed by atoms with Crippen molar-refractivity contribution in [3.8, 4) is 0 Å². The lowest BCUT2D eigenvalue weighted by atomic mass is 10.0. The summed E-state index contributed by atoms with van der Waals surface area (Å²) in [6.45, 7) is 6.78. The van der Waals surface area contributed by atoms with Gasteiger partial charge < -0.3 is 10.1 Å². The third-order valence-electron chi connectivity index (χ3n) is 2.93. The molecule has 4 heteroatoms. The summed E-state index contributed by atoms with van der Waals surface area (Å²) in [6, 6.07) is 5.99. The molecule has 0 saturated carbocycles. The second-order valence-corrected chi connectivity index (χ2v) is 5.44. The van der Waals surface area contributed by atoms with Gasteiger partial charge in [-0.25, -0.2) is 0 Å². The highest BCUT2D eigenvalue weighted by Gasteiger charge is 2.11. The molecule has 0 saturated heterocycles. The van der Waals surface area contributed by atoms with Crippen molar-refractivity contribution in [2.75, 3.05) is 19.8 Å². The third kappa shape index (κ3) is 6.62. The van der Waals surface area contributed by atoms with Crippen LogP contribution < -0.4 is 5.32 Å². The van der Waals surface area contributed by atoms with Crippen molar-refractivity contribution in [2.24, 2.45) is 0 Å². The first-order valence-corrected chi connectivity index (χ1v) is 7.68. The Bertz CT molecular complexity index is 371. The molecule has 1 rings (SSSR count). The van der Waals surface area contributed by atoms with Gasteiger partial charge in [0.15, 0.2) is 0 Å². The summed E-state index contributed by atoms with van der Waals surface area (Å²) in [4.78, 5) is 0. The van der Waals surface area contributed by atoms with Crippen molar-refractivity contribution in [2.45, 2.75) is 39.2 Å². The van der Waals surface area contributed by atoms with E-state index in [1.807, 2.05) is 18.2 Å². The van der Waals surface area contributed by atoms with Crippen molar-refractivity contribution in [3.63, 3.8) is 0 Å². The molecule has 0 radical (unpaired) electrons. The van der Waals surface area contributed by atoms with E-state index in [0.29, 0.717) is 6.04 Å². The predicted octanol–water partition coefficient (Wildman–Crippen LogP) is 4.33. The minimum absolute atomic E-state index is 0.373. The fourth-order valence-corrected chi connectivity index (χ4v) is 2.39. The summed E-state index contributed by atoms with van der Waals surface area (Å²) in [7, 11) is 0. The number of halogens is 2. The van der Waals surface area contributed by atoms with Gasteiger partial charge in [0.2, 0.25) is 0 Å². The number of hydrogen-bond donors (Lipinski definition) is 1. The second-order valence-electron chi connectivity index (χ2n) is 4.60. The molecule has 1 atom stereocenters. The summed E-state index contributed by atoms with van der Waals surface area (Å²) < 4.78 is 5.55. The first-order chi connectivity index (χ1) is 9.17. The van der Waals surface area contributed by atoms with Gasteiger partial charge in [0.1, 0.15) is 0 Å². The minimum atomic E-state index is 0.373. The van der Waals surface area contributed by atoms with Gasteiger partial charge in [-0.1, -0.05) is 37.0 Å². The zero-order valence-corrected chi connectivity index (χ0v) is 13.2. The Hall–Kier alpha value is -0.280. The van der Waals surface area contributed by atoms with E-state index in [1.165, 1.54) is 0 Å². The summed E-state index contributed by atoms with van der Waals surface area (Å²) in [5.74, 6) is 0. The molecule has 0 amide bonds. The molecule has 1 unspecified atom stereocenters. The number of rotatable bonds is 9. The van der Waals surface area contributed by atoms with Crippen molar-refractivity contribution in [1.82, 2.24) is 5.32 Å².